The second-order valence-electron chi connectivity index (χ2n) is 8.73. The predicted molar refractivity (Wildman–Crippen MR) is 125 cm³/mol. The van der Waals surface area contributed by atoms with Crippen molar-refractivity contribution in [1.82, 2.24) is 24.6 Å². The van der Waals surface area contributed by atoms with E-state index in [0.717, 1.165) is 35.5 Å². The molecule has 0 bridgehead atoms. The van der Waals surface area contributed by atoms with Crippen LogP contribution in [0, 0.1) is 5.82 Å². The lowest BCUT2D eigenvalue weighted by atomic mass is 9.99. The summed E-state index contributed by atoms with van der Waals surface area (Å²) in [6.45, 7) is 2.58. The molecule has 4 aromatic rings. The van der Waals surface area contributed by atoms with Crippen LogP contribution in [0.15, 0.2) is 54.9 Å². The molecule has 9 heteroatoms. The molecule has 0 saturated carbocycles. The molecule has 8 nitrogen and oxygen atoms in total. The van der Waals surface area contributed by atoms with E-state index in [2.05, 4.69) is 20.5 Å². The number of aromatic nitrogens is 3. The molecule has 3 N–H and O–H groups in total. The monoisotopic (exact) mass is 458 g/mol. The van der Waals surface area contributed by atoms with E-state index >= 15 is 0 Å². The van der Waals surface area contributed by atoms with Gasteiger partial charge in [0.2, 0.25) is 0 Å². The first-order valence-corrected chi connectivity index (χ1v) is 11.3. The first-order valence-electron chi connectivity index (χ1n) is 11.3. The largest absolute Gasteiger partial charge is 0.392 e. The number of amides is 1. The van der Waals surface area contributed by atoms with E-state index in [9.17, 15) is 14.3 Å². The quantitative estimate of drug-likeness (QED) is 0.426. The summed E-state index contributed by atoms with van der Waals surface area (Å²) in [7, 11) is 0. The number of carbonyl (C=O) groups excluding carboxylic acids is 1. The molecule has 0 spiro atoms. The van der Waals surface area contributed by atoms with Gasteiger partial charge in [0.25, 0.3) is 5.91 Å². The van der Waals surface area contributed by atoms with E-state index in [-0.39, 0.29) is 17.8 Å². The molecule has 1 aromatic carbocycles. The van der Waals surface area contributed by atoms with Crippen LogP contribution in [0.3, 0.4) is 0 Å². The predicted octanol–water partition coefficient (Wildman–Crippen LogP) is 3.09. The van der Waals surface area contributed by atoms with Gasteiger partial charge in [-0.3, -0.25) is 14.1 Å². The Balaban J connectivity index is 1.33. The highest BCUT2D eigenvalue weighted by molar-refractivity contribution is 6.06. The molecule has 1 saturated heterocycles. The number of hydrogen-bond donors (Lipinski definition) is 3. The van der Waals surface area contributed by atoms with Gasteiger partial charge in [-0.15, -0.1) is 0 Å². The maximum Gasteiger partial charge on any atom is 0.254 e. The molecular formula is C25H23FN6O2. The van der Waals surface area contributed by atoms with Gasteiger partial charge in [-0.1, -0.05) is 12.1 Å². The van der Waals surface area contributed by atoms with Crippen molar-refractivity contribution >= 4 is 23.1 Å². The van der Waals surface area contributed by atoms with E-state index in [1.807, 2.05) is 34.7 Å². The number of pyridine rings is 2. The highest BCUT2D eigenvalue weighted by atomic mass is 19.1. The van der Waals surface area contributed by atoms with Gasteiger partial charge in [0, 0.05) is 44.0 Å². The minimum absolute atomic E-state index is 0.151. The summed E-state index contributed by atoms with van der Waals surface area (Å²) in [6, 6.07) is 12.3. The fourth-order valence-electron chi connectivity index (χ4n) is 4.81. The first kappa shape index (κ1) is 20.8. The molecule has 1 amide bonds. The Hall–Kier alpha value is -3.82. The van der Waals surface area contributed by atoms with Gasteiger partial charge in [0.1, 0.15) is 17.3 Å². The smallest absolute Gasteiger partial charge is 0.254 e. The number of β-amino-alcohol motifs (C(OH)–C–C–N with tert-alkyl or cyclic N) is 1. The molecular weight excluding hydrogens is 435 g/mol. The lowest BCUT2D eigenvalue weighted by Crippen LogP contribution is -2.22. The Morgan fingerprint density at radius 2 is 2.15 bits per heavy atom. The number of carbonyl (C=O) groups is 1. The molecule has 172 valence electrons. The van der Waals surface area contributed by atoms with Gasteiger partial charge in [0.15, 0.2) is 0 Å². The summed E-state index contributed by atoms with van der Waals surface area (Å²) >= 11 is 0. The number of nitrogens with one attached hydrogen (secondary N) is 2. The number of anilines is 2. The van der Waals surface area contributed by atoms with Crippen LogP contribution in [0.4, 0.5) is 15.9 Å². The SMILES string of the molecule is O=C1NCc2c(-c3cnc4cc(F)ccn34)ccc(Nc3cccc(CN4CC[C@@H](O)C4)n3)c21. The Morgan fingerprint density at radius 3 is 3.00 bits per heavy atom. The van der Waals surface area contributed by atoms with E-state index in [4.69, 9.17) is 4.98 Å². The molecule has 3 aromatic heterocycles. The van der Waals surface area contributed by atoms with Gasteiger partial charge in [0.05, 0.1) is 34.9 Å². The maximum absolute atomic E-state index is 13.6. The highest BCUT2D eigenvalue weighted by Crippen LogP contribution is 2.35. The number of nitrogens with zero attached hydrogens (tertiary/aromatic N) is 4. The van der Waals surface area contributed by atoms with Crippen molar-refractivity contribution in [2.24, 2.45) is 0 Å². The van der Waals surface area contributed by atoms with E-state index in [0.29, 0.717) is 42.4 Å². The maximum atomic E-state index is 13.6. The van der Waals surface area contributed by atoms with Crippen LogP contribution in [-0.2, 0) is 13.1 Å². The number of fused-ring (bicyclic) bond motifs is 2. The van der Waals surface area contributed by atoms with Crippen molar-refractivity contribution in [3.05, 3.63) is 77.5 Å². The Labute approximate surface area is 195 Å². The molecule has 2 aliphatic heterocycles. The van der Waals surface area contributed by atoms with Gasteiger partial charge in [-0.2, -0.15) is 0 Å². The number of aliphatic hydroxyl groups excluding tert-OH is 1. The second kappa shape index (κ2) is 8.19. The third-order valence-corrected chi connectivity index (χ3v) is 6.42. The molecule has 0 unspecified atom stereocenters. The molecule has 1 atom stereocenters. The third kappa shape index (κ3) is 3.68. The lowest BCUT2D eigenvalue weighted by Gasteiger charge is -2.16. The normalized spacial score (nSPS) is 17.8. The van der Waals surface area contributed by atoms with Crippen molar-refractivity contribution in [3.63, 3.8) is 0 Å². The van der Waals surface area contributed by atoms with Crippen molar-refractivity contribution in [2.75, 3.05) is 18.4 Å². The molecule has 1 fully saturated rings. The van der Waals surface area contributed by atoms with Crippen LogP contribution in [0.5, 0.6) is 0 Å². The number of halogens is 1. The number of aliphatic hydroxyl groups is 1. The van der Waals surface area contributed by atoms with Crippen LogP contribution >= 0.6 is 0 Å². The van der Waals surface area contributed by atoms with Crippen LogP contribution in [-0.4, -0.2) is 49.5 Å². The van der Waals surface area contributed by atoms with Crippen LogP contribution in [0.25, 0.3) is 16.9 Å². The Morgan fingerprint density at radius 1 is 1.24 bits per heavy atom. The summed E-state index contributed by atoms with van der Waals surface area (Å²) in [5.74, 6) is 0.153. The molecule has 5 heterocycles. The molecule has 0 aliphatic carbocycles. The number of imidazole rings is 1. The summed E-state index contributed by atoms with van der Waals surface area (Å²) < 4.78 is 15.4. The average Bonchev–Trinajstić information content (AvgIpc) is 3.53. The number of likely N-dealkylation sites (tertiary alicyclic amines) is 1. The van der Waals surface area contributed by atoms with Gasteiger partial charge in [-0.25, -0.2) is 14.4 Å². The summed E-state index contributed by atoms with van der Waals surface area (Å²) in [4.78, 5) is 24.0. The highest BCUT2D eigenvalue weighted by Gasteiger charge is 2.27. The molecule has 6 rings (SSSR count). The van der Waals surface area contributed by atoms with Crippen LogP contribution in [0.2, 0.25) is 0 Å². The van der Waals surface area contributed by atoms with Crippen molar-refractivity contribution < 1.29 is 14.3 Å². The zero-order valence-corrected chi connectivity index (χ0v) is 18.3. The number of rotatable bonds is 5. The molecule has 2 aliphatic rings. The van der Waals surface area contributed by atoms with Gasteiger partial charge < -0.3 is 15.7 Å². The topological polar surface area (TPSA) is 94.8 Å². The Kier molecular flexibility index (Phi) is 5.00. The summed E-state index contributed by atoms with van der Waals surface area (Å²) in [5.41, 5.74) is 5.18. The number of benzene rings is 1. The Bertz CT molecular complexity index is 1420. The minimum Gasteiger partial charge on any atom is -0.392 e. The fraction of sp³-hybridized carbons (Fsp3) is 0.240. The summed E-state index contributed by atoms with van der Waals surface area (Å²) in [6.07, 6.45) is 3.85. The van der Waals surface area contributed by atoms with Crippen molar-refractivity contribution in [2.45, 2.75) is 25.6 Å². The molecule has 0 radical (unpaired) electrons. The number of hydrogen-bond acceptors (Lipinski definition) is 6. The average molecular weight is 458 g/mol. The van der Waals surface area contributed by atoms with E-state index < -0.39 is 0 Å². The van der Waals surface area contributed by atoms with Crippen LogP contribution in [0.1, 0.15) is 28.0 Å². The third-order valence-electron chi connectivity index (χ3n) is 6.42. The summed E-state index contributed by atoms with van der Waals surface area (Å²) in [5, 5.41) is 16.0. The van der Waals surface area contributed by atoms with E-state index in [1.54, 1.807) is 12.4 Å². The standard InChI is InChI=1S/C25H23FN6O2/c26-15-6-9-32-21(12-27-23(32)10-15)18-4-5-20(24-19(18)11-28-25(24)34)30-22-3-1-2-16(29-22)13-31-8-7-17(33)14-31/h1-6,9-10,12,17,33H,7-8,11,13-14H2,(H,28,34)(H,29,30)/t17-/m1/s1. The zero-order valence-electron chi connectivity index (χ0n) is 18.3. The minimum atomic E-state index is -0.345. The first-order chi connectivity index (χ1) is 16.5. The fourth-order valence-corrected chi connectivity index (χ4v) is 4.81. The molecule has 34 heavy (non-hydrogen) atoms. The van der Waals surface area contributed by atoms with Crippen molar-refractivity contribution in [1.29, 1.82) is 0 Å². The zero-order chi connectivity index (χ0) is 23.2. The van der Waals surface area contributed by atoms with Gasteiger partial charge in [-0.05, 0) is 36.2 Å². The lowest BCUT2D eigenvalue weighted by molar-refractivity contribution is 0.0966. The van der Waals surface area contributed by atoms with Crippen molar-refractivity contribution in [3.8, 4) is 11.3 Å². The van der Waals surface area contributed by atoms with Crippen LogP contribution < -0.4 is 10.6 Å². The van der Waals surface area contributed by atoms with E-state index in [1.165, 1.54) is 12.1 Å². The van der Waals surface area contributed by atoms with Gasteiger partial charge >= 0.3 is 0 Å². The second-order valence-corrected chi connectivity index (χ2v) is 8.73.